The molecule has 1 unspecified atom stereocenters. The fourth-order valence-electron chi connectivity index (χ4n) is 1.96. The molecule has 2 aromatic rings. The van der Waals surface area contributed by atoms with E-state index in [9.17, 15) is 0 Å². The summed E-state index contributed by atoms with van der Waals surface area (Å²) in [7, 11) is 0. The van der Waals surface area contributed by atoms with Gasteiger partial charge < -0.3 is 5.32 Å². The van der Waals surface area contributed by atoms with Crippen LogP contribution in [0, 0.1) is 0 Å². The van der Waals surface area contributed by atoms with Gasteiger partial charge in [-0.05, 0) is 29.7 Å². The zero-order chi connectivity index (χ0) is 13.5. The summed E-state index contributed by atoms with van der Waals surface area (Å²) in [4.78, 5) is 4.16. The van der Waals surface area contributed by atoms with Crippen molar-refractivity contribution in [2.24, 2.45) is 0 Å². The Bertz CT molecular complexity index is 525. The zero-order valence-electron chi connectivity index (χ0n) is 10.7. The van der Waals surface area contributed by atoms with E-state index in [1.54, 1.807) is 6.20 Å². The van der Waals surface area contributed by atoms with Gasteiger partial charge in [0.25, 0.3) is 0 Å². The van der Waals surface area contributed by atoms with Gasteiger partial charge >= 0.3 is 0 Å². The van der Waals surface area contributed by atoms with E-state index in [4.69, 9.17) is 11.6 Å². The fourth-order valence-corrected chi connectivity index (χ4v) is 2.16. The van der Waals surface area contributed by atoms with Crippen LogP contribution in [0.3, 0.4) is 0 Å². The number of rotatable bonds is 6. The summed E-state index contributed by atoms with van der Waals surface area (Å²) in [6, 6.07) is 12.1. The molecule has 2 rings (SSSR count). The molecule has 19 heavy (non-hydrogen) atoms. The van der Waals surface area contributed by atoms with Gasteiger partial charge in [0.15, 0.2) is 0 Å². The lowest BCUT2D eigenvalue weighted by Gasteiger charge is -2.17. The zero-order valence-corrected chi connectivity index (χ0v) is 11.5. The summed E-state index contributed by atoms with van der Waals surface area (Å²) < 4.78 is 0. The molecule has 3 heteroatoms. The number of benzene rings is 1. The Morgan fingerprint density at radius 1 is 1.26 bits per heavy atom. The van der Waals surface area contributed by atoms with E-state index in [1.165, 1.54) is 0 Å². The highest BCUT2D eigenvalue weighted by Gasteiger charge is 2.10. The highest BCUT2D eigenvalue weighted by atomic mass is 35.5. The highest BCUT2D eigenvalue weighted by Crippen LogP contribution is 2.19. The van der Waals surface area contributed by atoms with Gasteiger partial charge in [0.1, 0.15) is 0 Å². The molecule has 0 spiro atoms. The molecule has 1 N–H and O–H groups in total. The summed E-state index contributed by atoms with van der Waals surface area (Å²) >= 11 is 6.16. The second kappa shape index (κ2) is 7.07. The Labute approximate surface area is 119 Å². The third-order valence-corrected chi connectivity index (χ3v) is 3.35. The molecule has 0 aliphatic carbocycles. The molecule has 0 bridgehead atoms. The van der Waals surface area contributed by atoms with E-state index in [0.717, 1.165) is 29.1 Å². The Balaban J connectivity index is 2.06. The summed E-state index contributed by atoms with van der Waals surface area (Å²) in [6.07, 6.45) is 6.43. The lowest BCUT2D eigenvalue weighted by atomic mass is 10.1. The summed E-state index contributed by atoms with van der Waals surface area (Å²) in [6.45, 7) is 4.54. The molecule has 0 saturated heterocycles. The third-order valence-electron chi connectivity index (χ3n) is 2.99. The van der Waals surface area contributed by atoms with Crippen LogP contribution < -0.4 is 5.32 Å². The number of nitrogens with zero attached hydrogens (tertiary/aromatic N) is 1. The van der Waals surface area contributed by atoms with Crippen molar-refractivity contribution in [3.63, 3.8) is 0 Å². The molecular weight excluding hydrogens is 256 g/mol. The SMILES string of the molecule is C=CCC(NCc1ccccc1Cl)c1cccnc1. The average Bonchev–Trinajstić information content (AvgIpc) is 2.46. The van der Waals surface area contributed by atoms with Crippen LogP contribution in [-0.2, 0) is 6.54 Å². The number of hydrogen-bond donors (Lipinski definition) is 1. The van der Waals surface area contributed by atoms with Crippen molar-refractivity contribution in [2.75, 3.05) is 0 Å². The number of nitrogens with one attached hydrogen (secondary N) is 1. The van der Waals surface area contributed by atoms with Crippen molar-refractivity contribution >= 4 is 11.6 Å². The number of hydrogen-bond acceptors (Lipinski definition) is 2. The quantitative estimate of drug-likeness (QED) is 0.800. The van der Waals surface area contributed by atoms with Gasteiger partial charge in [0, 0.05) is 30.0 Å². The molecule has 0 saturated carbocycles. The van der Waals surface area contributed by atoms with Gasteiger partial charge in [-0.1, -0.05) is 41.9 Å². The van der Waals surface area contributed by atoms with Gasteiger partial charge in [0.2, 0.25) is 0 Å². The molecule has 1 aromatic heterocycles. The van der Waals surface area contributed by atoms with Crippen LogP contribution in [0.25, 0.3) is 0 Å². The third kappa shape index (κ3) is 3.91. The molecule has 0 aliphatic rings. The summed E-state index contributed by atoms with van der Waals surface area (Å²) in [5.41, 5.74) is 2.26. The Morgan fingerprint density at radius 3 is 2.79 bits per heavy atom. The van der Waals surface area contributed by atoms with Crippen LogP contribution in [0.2, 0.25) is 5.02 Å². The van der Waals surface area contributed by atoms with Gasteiger partial charge in [0.05, 0.1) is 0 Å². The minimum atomic E-state index is 0.211. The molecule has 2 nitrogen and oxygen atoms in total. The van der Waals surface area contributed by atoms with Gasteiger partial charge in [-0.3, -0.25) is 4.98 Å². The van der Waals surface area contributed by atoms with Crippen molar-refractivity contribution in [3.8, 4) is 0 Å². The first-order valence-corrected chi connectivity index (χ1v) is 6.66. The average molecular weight is 273 g/mol. The Morgan fingerprint density at radius 2 is 2.11 bits per heavy atom. The molecule has 0 amide bonds. The van der Waals surface area contributed by atoms with E-state index in [1.807, 2.05) is 42.6 Å². The minimum absolute atomic E-state index is 0.211. The van der Waals surface area contributed by atoms with Crippen molar-refractivity contribution in [2.45, 2.75) is 19.0 Å². The first-order valence-electron chi connectivity index (χ1n) is 6.29. The van der Waals surface area contributed by atoms with Crippen molar-refractivity contribution < 1.29 is 0 Å². The molecule has 1 heterocycles. The Hall–Kier alpha value is -1.64. The standard InChI is InChI=1S/C16H17ClN2/c1-2-6-16(14-8-5-10-18-11-14)19-12-13-7-3-4-9-15(13)17/h2-5,7-11,16,19H,1,6,12H2. The fraction of sp³-hybridized carbons (Fsp3) is 0.188. The van der Waals surface area contributed by atoms with Crippen LogP contribution >= 0.6 is 11.6 Å². The van der Waals surface area contributed by atoms with E-state index in [-0.39, 0.29) is 6.04 Å². The Kier molecular flexibility index (Phi) is 5.13. The second-order valence-corrected chi connectivity index (χ2v) is 4.74. The number of halogens is 1. The maximum Gasteiger partial charge on any atom is 0.0450 e. The maximum absolute atomic E-state index is 6.16. The summed E-state index contributed by atoms with van der Waals surface area (Å²) in [5.74, 6) is 0. The van der Waals surface area contributed by atoms with Crippen LogP contribution in [-0.4, -0.2) is 4.98 Å². The van der Waals surface area contributed by atoms with Crippen molar-refractivity contribution in [1.82, 2.24) is 10.3 Å². The molecule has 0 radical (unpaired) electrons. The van der Waals surface area contributed by atoms with Gasteiger partial charge in [-0.15, -0.1) is 6.58 Å². The normalized spacial score (nSPS) is 12.1. The molecule has 98 valence electrons. The van der Waals surface area contributed by atoms with Crippen LogP contribution in [0.4, 0.5) is 0 Å². The first-order chi connectivity index (χ1) is 9.31. The smallest absolute Gasteiger partial charge is 0.0450 e. The molecule has 0 aliphatic heterocycles. The minimum Gasteiger partial charge on any atom is -0.305 e. The molecule has 1 aromatic carbocycles. The monoisotopic (exact) mass is 272 g/mol. The van der Waals surface area contributed by atoms with E-state index in [2.05, 4.69) is 22.9 Å². The second-order valence-electron chi connectivity index (χ2n) is 4.34. The topological polar surface area (TPSA) is 24.9 Å². The van der Waals surface area contributed by atoms with Gasteiger partial charge in [-0.2, -0.15) is 0 Å². The van der Waals surface area contributed by atoms with Crippen LogP contribution in [0.1, 0.15) is 23.6 Å². The number of pyridine rings is 1. The van der Waals surface area contributed by atoms with E-state index >= 15 is 0 Å². The van der Waals surface area contributed by atoms with Crippen LogP contribution in [0.5, 0.6) is 0 Å². The van der Waals surface area contributed by atoms with Crippen molar-refractivity contribution in [3.05, 3.63) is 77.6 Å². The molecular formula is C16H17ClN2. The molecule has 1 atom stereocenters. The molecule has 0 fully saturated rings. The predicted octanol–water partition coefficient (Wildman–Crippen LogP) is 4.14. The largest absolute Gasteiger partial charge is 0.305 e. The summed E-state index contributed by atoms with van der Waals surface area (Å²) in [5, 5.41) is 4.29. The first kappa shape index (κ1) is 13.8. The highest BCUT2D eigenvalue weighted by molar-refractivity contribution is 6.31. The van der Waals surface area contributed by atoms with Crippen LogP contribution in [0.15, 0.2) is 61.4 Å². The van der Waals surface area contributed by atoms with E-state index in [0.29, 0.717) is 0 Å². The van der Waals surface area contributed by atoms with Gasteiger partial charge in [-0.25, -0.2) is 0 Å². The maximum atomic E-state index is 6.16. The number of aromatic nitrogens is 1. The lowest BCUT2D eigenvalue weighted by molar-refractivity contribution is 0.537. The van der Waals surface area contributed by atoms with E-state index < -0.39 is 0 Å². The lowest BCUT2D eigenvalue weighted by Crippen LogP contribution is -2.20. The van der Waals surface area contributed by atoms with Crippen molar-refractivity contribution in [1.29, 1.82) is 0 Å². The predicted molar refractivity (Wildman–Crippen MR) is 80.1 cm³/mol.